The number of para-hydroxylation sites is 1. The molecule has 3 nitrogen and oxygen atoms in total. The Hall–Kier alpha value is -1.35. The first kappa shape index (κ1) is 12.1. The van der Waals surface area contributed by atoms with Crippen LogP contribution in [-0.2, 0) is 13.0 Å². The molecule has 0 aliphatic carbocycles. The lowest BCUT2D eigenvalue weighted by Gasteiger charge is -2.08. The van der Waals surface area contributed by atoms with E-state index in [1.807, 2.05) is 7.05 Å². The number of nitrogens with zero attached hydrogens (tertiary/aromatic N) is 2. The molecule has 0 bridgehead atoms. The Bertz CT molecular complexity index is 487. The van der Waals surface area contributed by atoms with E-state index in [-0.39, 0.29) is 0 Å². The molecule has 0 fully saturated rings. The molecule has 0 amide bonds. The van der Waals surface area contributed by atoms with Crippen molar-refractivity contribution in [3.05, 3.63) is 30.0 Å². The number of rotatable bonds is 5. The maximum atomic E-state index is 4.72. The third-order valence-corrected chi connectivity index (χ3v) is 3.13. The fourth-order valence-corrected chi connectivity index (χ4v) is 2.34. The molecule has 1 atom stereocenters. The fraction of sp³-hybridized carbons (Fsp3) is 0.500. The third kappa shape index (κ3) is 2.50. The van der Waals surface area contributed by atoms with Gasteiger partial charge in [-0.15, -0.1) is 0 Å². The van der Waals surface area contributed by atoms with E-state index in [4.69, 9.17) is 5.10 Å². The van der Waals surface area contributed by atoms with Crippen molar-refractivity contribution < 1.29 is 0 Å². The average molecular weight is 231 g/mol. The van der Waals surface area contributed by atoms with Gasteiger partial charge in [0.2, 0.25) is 0 Å². The summed E-state index contributed by atoms with van der Waals surface area (Å²) in [7, 11) is 2.00. The summed E-state index contributed by atoms with van der Waals surface area (Å²) in [5, 5.41) is 9.24. The quantitative estimate of drug-likeness (QED) is 0.856. The van der Waals surface area contributed by atoms with Crippen molar-refractivity contribution in [1.29, 1.82) is 0 Å². The van der Waals surface area contributed by atoms with E-state index in [0.29, 0.717) is 5.92 Å². The van der Waals surface area contributed by atoms with Gasteiger partial charge in [0.1, 0.15) is 0 Å². The summed E-state index contributed by atoms with van der Waals surface area (Å²) in [4.78, 5) is 0. The predicted molar refractivity (Wildman–Crippen MR) is 72.2 cm³/mol. The predicted octanol–water partition coefficient (Wildman–Crippen LogP) is 2.45. The van der Waals surface area contributed by atoms with Gasteiger partial charge in [0.25, 0.3) is 0 Å². The highest BCUT2D eigenvalue weighted by Crippen LogP contribution is 2.20. The first-order valence-corrected chi connectivity index (χ1v) is 6.35. The Balaban J connectivity index is 2.33. The van der Waals surface area contributed by atoms with Gasteiger partial charge < -0.3 is 5.32 Å². The van der Waals surface area contributed by atoms with Crippen LogP contribution < -0.4 is 5.32 Å². The van der Waals surface area contributed by atoms with Gasteiger partial charge in [-0.25, -0.2) is 0 Å². The Morgan fingerprint density at radius 2 is 2.12 bits per heavy atom. The van der Waals surface area contributed by atoms with Crippen molar-refractivity contribution in [3.8, 4) is 0 Å². The molecule has 17 heavy (non-hydrogen) atoms. The minimum atomic E-state index is 0.614. The third-order valence-electron chi connectivity index (χ3n) is 3.13. The lowest BCUT2D eigenvalue weighted by atomic mass is 10.0. The van der Waals surface area contributed by atoms with E-state index in [9.17, 15) is 0 Å². The lowest BCUT2D eigenvalue weighted by molar-refractivity contribution is 0.529. The summed E-state index contributed by atoms with van der Waals surface area (Å²) in [5.41, 5.74) is 2.48. The maximum absolute atomic E-state index is 4.72. The molecule has 92 valence electrons. The summed E-state index contributed by atoms with van der Waals surface area (Å²) in [5.74, 6) is 0.614. The summed E-state index contributed by atoms with van der Waals surface area (Å²) >= 11 is 0. The number of aryl methyl sites for hydroxylation is 1. The SMILES string of the molecule is CCn1nc(CC(C)CNC)c2ccccc21. The van der Waals surface area contributed by atoms with E-state index in [1.165, 1.54) is 16.6 Å². The highest BCUT2D eigenvalue weighted by atomic mass is 15.3. The first-order valence-electron chi connectivity index (χ1n) is 6.35. The standard InChI is InChI=1S/C14H21N3/c1-4-17-14-8-6-5-7-12(14)13(16-17)9-11(2)10-15-3/h5-8,11,15H,4,9-10H2,1-3H3. The van der Waals surface area contributed by atoms with Crippen LogP contribution in [0.15, 0.2) is 24.3 Å². The molecule has 2 rings (SSSR count). The van der Waals surface area contributed by atoms with Crippen molar-refractivity contribution in [3.63, 3.8) is 0 Å². The zero-order chi connectivity index (χ0) is 12.3. The molecule has 1 aromatic carbocycles. The molecule has 3 heteroatoms. The van der Waals surface area contributed by atoms with Crippen LogP contribution in [0.2, 0.25) is 0 Å². The molecular weight excluding hydrogens is 210 g/mol. The van der Waals surface area contributed by atoms with Crippen LogP contribution in [0.25, 0.3) is 10.9 Å². The second-order valence-corrected chi connectivity index (χ2v) is 4.65. The van der Waals surface area contributed by atoms with Gasteiger partial charge in [-0.3, -0.25) is 4.68 Å². The van der Waals surface area contributed by atoms with Crippen LogP contribution in [0, 0.1) is 5.92 Å². The molecule has 1 aromatic heterocycles. The minimum absolute atomic E-state index is 0.614. The summed E-state index contributed by atoms with van der Waals surface area (Å²) in [6.45, 7) is 6.37. The summed E-state index contributed by atoms with van der Waals surface area (Å²) in [6, 6.07) is 8.50. The molecule has 2 aromatic rings. The number of benzene rings is 1. The lowest BCUT2D eigenvalue weighted by Crippen LogP contribution is -2.18. The van der Waals surface area contributed by atoms with Crippen LogP contribution >= 0.6 is 0 Å². The molecule has 0 aliphatic rings. The number of hydrogen-bond donors (Lipinski definition) is 1. The van der Waals surface area contributed by atoms with E-state index in [0.717, 1.165) is 19.5 Å². The van der Waals surface area contributed by atoms with Crippen molar-refractivity contribution in [1.82, 2.24) is 15.1 Å². The minimum Gasteiger partial charge on any atom is -0.319 e. The summed E-state index contributed by atoms with van der Waals surface area (Å²) < 4.78 is 2.09. The Morgan fingerprint density at radius 3 is 2.82 bits per heavy atom. The van der Waals surface area contributed by atoms with Gasteiger partial charge in [-0.05, 0) is 38.9 Å². The van der Waals surface area contributed by atoms with E-state index >= 15 is 0 Å². The van der Waals surface area contributed by atoms with Crippen LogP contribution in [0.4, 0.5) is 0 Å². The van der Waals surface area contributed by atoms with Crippen molar-refractivity contribution in [2.45, 2.75) is 26.8 Å². The molecule has 1 heterocycles. The van der Waals surface area contributed by atoms with Gasteiger partial charge >= 0.3 is 0 Å². The molecule has 0 saturated carbocycles. The van der Waals surface area contributed by atoms with Gasteiger partial charge in [-0.1, -0.05) is 25.1 Å². The van der Waals surface area contributed by atoms with Crippen molar-refractivity contribution in [2.75, 3.05) is 13.6 Å². The van der Waals surface area contributed by atoms with Crippen LogP contribution in [0.3, 0.4) is 0 Å². The molecule has 0 aliphatic heterocycles. The summed E-state index contributed by atoms with van der Waals surface area (Å²) in [6.07, 6.45) is 1.04. The Kier molecular flexibility index (Phi) is 3.79. The zero-order valence-corrected chi connectivity index (χ0v) is 10.9. The molecule has 0 spiro atoms. The number of nitrogens with one attached hydrogen (secondary N) is 1. The Morgan fingerprint density at radius 1 is 1.35 bits per heavy atom. The van der Waals surface area contributed by atoms with Gasteiger partial charge in [-0.2, -0.15) is 5.10 Å². The number of hydrogen-bond acceptors (Lipinski definition) is 2. The molecule has 0 radical (unpaired) electrons. The second kappa shape index (κ2) is 5.32. The monoisotopic (exact) mass is 231 g/mol. The van der Waals surface area contributed by atoms with Crippen LogP contribution in [-0.4, -0.2) is 23.4 Å². The normalized spacial score (nSPS) is 13.1. The molecular formula is C14H21N3. The molecule has 1 unspecified atom stereocenters. The maximum Gasteiger partial charge on any atom is 0.0706 e. The number of fused-ring (bicyclic) bond motifs is 1. The van der Waals surface area contributed by atoms with E-state index in [1.54, 1.807) is 0 Å². The zero-order valence-electron chi connectivity index (χ0n) is 10.9. The smallest absolute Gasteiger partial charge is 0.0706 e. The largest absolute Gasteiger partial charge is 0.319 e. The highest BCUT2D eigenvalue weighted by Gasteiger charge is 2.11. The topological polar surface area (TPSA) is 29.9 Å². The fourth-order valence-electron chi connectivity index (χ4n) is 2.34. The van der Waals surface area contributed by atoms with Crippen LogP contribution in [0.5, 0.6) is 0 Å². The van der Waals surface area contributed by atoms with Crippen LogP contribution in [0.1, 0.15) is 19.5 Å². The highest BCUT2D eigenvalue weighted by molar-refractivity contribution is 5.81. The second-order valence-electron chi connectivity index (χ2n) is 4.65. The Labute approximate surface area is 103 Å². The van der Waals surface area contributed by atoms with Crippen molar-refractivity contribution in [2.24, 2.45) is 5.92 Å². The first-order chi connectivity index (χ1) is 8.26. The van der Waals surface area contributed by atoms with Gasteiger partial charge in [0.05, 0.1) is 11.2 Å². The van der Waals surface area contributed by atoms with Crippen molar-refractivity contribution >= 4 is 10.9 Å². The average Bonchev–Trinajstić information content (AvgIpc) is 2.68. The van der Waals surface area contributed by atoms with E-state index in [2.05, 4.69) is 48.1 Å². The van der Waals surface area contributed by atoms with E-state index < -0.39 is 0 Å². The number of aromatic nitrogens is 2. The molecule has 1 N–H and O–H groups in total. The van der Waals surface area contributed by atoms with Gasteiger partial charge in [0.15, 0.2) is 0 Å². The molecule has 0 saturated heterocycles. The van der Waals surface area contributed by atoms with Gasteiger partial charge in [0, 0.05) is 11.9 Å².